The number of aromatic amines is 1. The zero-order valence-electron chi connectivity index (χ0n) is 9.06. The molecule has 4 nitrogen and oxygen atoms in total. The molecule has 3 rings (SSSR count). The Hall–Kier alpha value is -2.10. The van der Waals surface area contributed by atoms with E-state index in [9.17, 15) is 9.59 Å². The second-order valence-electron chi connectivity index (χ2n) is 4.39. The summed E-state index contributed by atoms with van der Waals surface area (Å²) in [6, 6.07) is 7.60. The van der Waals surface area contributed by atoms with Crippen molar-refractivity contribution in [2.45, 2.75) is 12.8 Å². The van der Waals surface area contributed by atoms with E-state index in [-0.39, 0.29) is 12.2 Å². The Balaban J connectivity index is 2.20. The fraction of sp³-hybridized carbons (Fsp3) is 0.231. The molecule has 0 spiro atoms. The highest BCUT2D eigenvalue weighted by Crippen LogP contribution is 2.31. The monoisotopic (exact) mass is 229 g/mol. The first-order valence-electron chi connectivity index (χ1n) is 5.52. The van der Waals surface area contributed by atoms with E-state index in [0.717, 1.165) is 16.5 Å². The van der Waals surface area contributed by atoms with Crippen LogP contribution in [0, 0.1) is 5.92 Å². The Morgan fingerprint density at radius 1 is 1.29 bits per heavy atom. The molecule has 0 bridgehead atoms. The quantitative estimate of drug-likeness (QED) is 0.785. The molecule has 86 valence electrons. The van der Waals surface area contributed by atoms with Crippen LogP contribution in [0.2, 0.25) is 0 Å². The Labute approximate surface area is 97.3 Å². The van der Waals surface area contributed by atoms with Crippen molar-refractivity contribution >= 4 is 22.7 Å². The van der Waals surface area contributed by atoms with Crippen LogP contribution in [0.5, 0.6) is 0 Å². The zero-order chi connectivity index (χ0) is 12.0. The third kappa shape index (κ3) is 1.45. The fourth-order valence-electron chi connectivity index (χ4n) is 2.47. The predicted octanol–water partition coefficient (Wildman–Crippen LogP) is 2.00. The maximum Gasteiger partial charge on any atom is 0.307 e. The van der Waals surface area contributed by atoms with Crippen LogP contribution in [0.3, 0.4) is 0 Å². The fourth-order valence-corrected chi connectivity index (χ4v) is 2.47. The summed E-state index contributed by atoms with van der Waals surface area (Å²) in [5.74, 6) is -1.58. The second kappa shape index (κ2) is 3.45. The molecule has 0 radical (unpaired) electrons. The van der Waals surface area contributed by atoms with Gasteiger partial charge in [0.2, 0.25) is 0 Å². The van der Waals surface area contributed by atoms with Gasteiger partial charge in [0, 0.05) is 17.3 Å². The van der Waals surface area contributed by atoms with Gasteiger partial charge in [0.1, 0.15) is 0 Å². The summed E-state index contributed by atoms with van der Waals surface area (Å²) in [7, 11) is 0. The minimum atomic E-state index is -0.894. The van der Waals surface area contributed by atoms with Gasteiger partial charge in [0.25, 0.3) is 0 Å². The number of carbonyl (C=O) groups is 2. The van der Waals surface area contributed by atoms with Gasteiger partial charge in [-0.15, -0.1) is 0 Å². The number of fused-ring (bicyclic) bond motifs is 3. The number of rotatable bonds is 1. The Kier molecular flexibility index (Phi) is 2.04. The van der Waals surface area contributed by atoms with Gasteiger partial charge in [-0.3, -0.25) is 9.59 Å². The van der Waals surface area contributed by atoms with E-state index in [1.54, 1.807) is 0 Å². The standard InChI is InChI=1S/C13H11NO3/c15-11-6-7(13(16)17)5-9-8-3-1-2-4-10(8)14-12(9)11/h1-4,7,14H,5-6H2,(H,16,17). The van der Waals surface area contributed by atoms with E-state index in [0.29, 0.717) is 12.1 Å². The van der Waals surface area contributed by atoms with Gasteiger partial charge in [-0.05, 0) is 18.1 Å². The largest absolute Gasteiger partial charge is 0.481 e. The number of nitrogens with one attached hydrogen (secondary N) is 1. The summed E-state index contributed by atoms with van der Waals surface area (Å²) < 4.78 is 0. The molecule has 17 heavy (non-hydrogen) atoms. The van der Waals surface area contributed by atoms with Gasteiger partial charge in [0.05, 0.1) is 11.6 Å². The predicted molar refractivity (Wildman–Crippen MR) is 62.1 cm³/mol. The van der Waals surface area contributed by atoms with Crippen molar-refractivity contribution in [1.29, 1.82) is 0 Å². The van der Waals surface area contributed by atoms with Crippen molar-refractivity contribution in [2.24, 2.45) is 5.92 Å². The average Bonchev–Trinajstić information content (AvgIpc) is 2.68. The van der Waals surface area contributed by atoms with Crippen molar-refractivity contribution in [3.63, 3.8) is 0 Å². The number of para-hydroxylation sites is 1. The molecule has 1 aromatic heterocycles. The van der Waals surface area contributed by atoms with Crippen LogP contribution in [0.4, 0.5) is 0 Å². The van der Waals surface area contributed by atoms with Crippen LogP contribution >= 0.6 is 0 Å². The van der Waals surface area contributed by atoms with Crippen molar-refractivity contribution in [1.82, 2.24) is 4.98 Å². The normalized spacial score (nSPS) is 19.3. The van der Waals surface area contributed by atoms with E-state index in [2.05, 4.69) is 4.98 Å². The molecule has 1 heterocycles. The van der Waals surface area contributed by atoms with E-state index in [1.807, 2.05) is 24.3 Å². The Morgan fingerprint density at radius 2 is 2.06 bits per heavy atom. The Morgan fingerprint density at radius 3 is 2.82 bits per heavy atom. The molecule has 0 saturated carbocycles. The number of H-pyrrole nitrogens is 1. The van der Waals surface area contributed by atoms with Gasteiger partial charge < -0.3 is 10.1 Å². The number of carboxylic acid groups (broad SMARTS) is 1. The summed E-state index contributed by atoms with van der Waals surface area (Å²) in [6.45, 7) is 0. The number of Topliss-reactive ketones (excluding diaryl/α,β-unsaturated/α-hetero) is 1. The van der Waals surface area contributed by atoms with Crippen LogP contribution in [-0.2, 0) is 11.2 Å². The summed E-state index contributed by atoms with van der Waals surface area (Å²) in [5.41, 5.74) is 2.34. The molecule has 2 aromatic rings. The second-order valence-corrected chi connectivity index (χ2v) is 4.39. The molecule has 1 aliphatic carbocycles. The molecule has 1 aromatic carbocycles. The highest BCUT2D eigenvalue weighted by atomic mass is 16.4. The van der Waals surface area contributed by atoms with E-state index in [1.165, 1.54) is 0 Å². The SMILES string of the molecule is O=C1CC(C(=O)O)Cc2c1[nH]c1ccccc21. The first kappa shape index (κ1) is 10.1. The van der Waals surface area contributed by atoms with Crippen molar-refractivity contribution in [3.8, 4) is 0 Å². The lowest BCUT2D eigenvalue weighted by Crippen LogP contribution is -2.25. The molecule has 0 fully saturated rings. The molecule has 1 aliphatic rings. The maximum atomic E-state index is 11.9. The number of benzene rings is 1. The third-order valence-corrected chi connectivity index (χ3v) is 3.32. The molecular weight excluding hydrogens is 218 g/mol. The maximum absolute atomic E-state index is 11.9. The molecule has 4 heteroatoms. The number of carboxylic acids is 1. The number of aromatic nitrogens is 1. The first-order chi connectivity index (χ1) is 8.16. The zero-order valence-corrected chi connectivity index (χ0v) is 9.06. The van der Waals surface area contributed by atoms with Gasteiger partial charge in [-0.2, -0.15) is 0 Å². The number of hydrogen-bond acceptors (Lipinski definition) is 2. The Bertz CT molecular complexity index is 627. The summed E-state index contributed by atoms with van der Waals surface area (Å²) in [6.07, 6.45) is 0.523. The molecule has 0 amide bonds. The van der Waals surface area contributed by atoms with Crippen molar-refractivity contribution in [2.75, 3.05) is 0 Å². The lowest BCUT2D eigenvalue weighted by molar-refractivity contribution is -0.141. The van der Waals surface area contributed by atoms with Crippen LogP contribution < -0.4 is 0 Å². The number of ketones is 1. The summed E-state index contributed by atoms with van der Waals surface area (Å²) >= 11 is 0. The van der Waals surface area contributed by atoms with Gasteiger partial charge >= 0.3 is 5.97 Å². The van der Waals surface area contributed by atoms with E-state index < -0.39 is 11.9 Å². The minimum Gasteiger partial charge on any atom is -0.481 e. The number of aliphatic carboxylic acids is 1. The smallest absolute Gasteiger partial charge is 0.307 e. The van der Waals surface area contributed by atoms with Crippen molar-refractivity contribution in [3.05, 3.63) is 35.5 Å². The van der Waals surface area contributed by atoms with E-state index in [4.69, 9.17) is 5.11 Å². The lowest BCUT2D eigenvalue weighted by atomic mass is 9.86. The van der Waals surface area contributed by atoms with Gasteiger partial charge in [-0.25, -0.2) is 0 Å². The summed E-state index contributed by atoms with van der Waals surface area (Å²) in [4.78, 5) is 26.0. The van der Waals surface area contributed by atoms with Crippen LogP contribution in [0.25, 0.3) is 10.9 Å². The van der Waals surface area contributed by atoms with Crippen molar-refractivity contribution < 1.29 is 14.7 Å². The average molecular weight is 229 g/mol. The topological polar surface area (TPSA) is 70.2 Å². The highest BCUT2D eigenvalue weighted by molar-refractivity contribution is 6.05. The highest BCUT2D eigenvalue weighted by Gasteiger charge is 2.32. The summed E-state index contributed by atoms with van der Waals surface area (Å²) in [5, 5.41) is 9.99. The van der Waals surface area contributed by atoms with Crippen LogP contribution in [0.1, 0.15) is 22.5 Å². The van der Waals surface area contributed by atoms with Gasteiger partial charge in [0.15, 0.2) is 5.78 Å². The third-order valence-electron chi connectivity index (χ3n) is 3.32. The number of carbonyl (C=O) groups excluding carboxylic acids is 1. The molecule has 0 saturated heterocycles. The molecule has 0 aliphatic heterocycles. The van der Waals surface area contributed by atoms with Crippen LogP contribution in [-0.4, -0.2) is 21.8 Å². The molecular formula is C13H11NO3. The first-order valence-corrected chi connectivity index (χ1v) is 5.52. The molecule has 1 unspecified atom stereocenters. The molecule has 2 N–H and O–H groups in total. The lowest BCUT2D eigenvalue weighted by Gasteiger charge is -2.17. The number of hydrogen-bond donors (Lipinski definition) is 2. The molecule has 1 atom stereocenters. The minimum absolute atomic E-state index is 0.0924. The van der Waals surface area contributed by atoms with E-state index >= 15 is 0 Å². The van der Waals surface area contributed by atoms with Gasteiger partial charge in [-0.1, -0.05) is 18.2 Å². The van der Waals surface area contributed by atoms with Crippen LogP contribution in [0.15, 0.2) is 24.3 Å².